The molecule has 48 heavy (non-hydrogen) atoms. The number of carbonyl (C=O) groups excluding carboxylic acids is 1. The Morgan fingerprint density at radius 1 is 0.875 bits per heavy atom. The lowest BCUT2D eigenvalue weighted by molar-refractivity contribution is -0.383. The number of hydrogen-bond donors (Lipinski definition) is 0. The highest BCUT2D eigenvalue weighted by molar-refractivity contribution is 7.87. The average molecular weight is 663 g/mol. The van der Waals surface area contributed by atoms with E-state index in [4.69, 9.17) is 19.0 Å². The van der Waals surface area contributed by atoms with Crippen molar-refractivity contribution in [3.05, 3.63) is 132 Å². The van der Waals surface area contributed by atoms with E-state index in [0.717, 1.165) is 20.8 Å². The number of ether oxygens (including phenoxy) is 3. The van der Waals surface area contributed by atoms with E-state index in [2.05, 4.69) is 15.0 Å². The number of aromatic nitrogens is 3. The Labute approximate surface area is 276 Å². The Morgan fingerprint density at radius 2 is 1.50 bits per heavy atom. The van der Waals surface area contributed by atoms with Gasteiger partial charge in [0.05, 0.1) is 25.2 Å². The van der Waals surface area contributed by atoms with Gasteiger partial charge in [0.1, 0.15) is 6.61 Å². The summed E-state index contributed by atoms with van der Waals surface area (Å²) in [6.07, 6.45) is 4.65. The fourth-order valence-electron chi connectivity index (χ4n) is 5.23. The summed E-state index contributed by atoms with van der Waals surface area (Å²) in [5.41, 5.74) is -0.635. The monoisotopic (exact) mass is 662 g/mol. The first-order valence-corrected chi connectivity index (χ1v) is 16.9. The molecule has 0 saturated heterocycles. The molecule has 0 fully saturated rings. The van der Waals surface area contributed by atoms with E-state index in [-0.39, 0.29) is 43.2 Å². The maximum absolute atomic E-state index is 13.7. The minimum absolute atomic E-state index is 0.0214. The number of amides is 1. The minimum Gasteiger partial charge on any atom is -0.489 e. The smallest absolute Gasteiger partial charge is 0.421 e. The zero-order valence-electron chi connectivity index (χ0n) is 26.0. The summed E-state index contributed by atoms with van der Waals surface area (Å²) in [5, 5.41) is 15.7. The lowest BCUT2D eigenvalue weighted by Gasteiger charge is -2.27. The molecular formula is C35H31N6O6P. The van der Waals surface area contributed by atoms with Crippen LogP contribution < -0.4 is 30.3 Å². The topological polar surface area (TPSA) is 142 Å². The highest BCUT2D eigenvalue weighted by Crippen LogP contribution is 2.52. The molecule has 0 radical (unpaired) electrons. The molecule has 0 spiro atoms. The van der Waals surface area contributed by atoms with Gasteiger partial charge >= 0.3 is 17.8 Å². The zero-order chi connectivity index (χ0) is 33.3. The van der Waals surface area contributed by atoms with E-state index < -0.39 is 29.6 Å². The van der Waals surface area contributed by atoms with Crippen LogP contribution in [0.3, 0.4) is 0 Å². The van der Waals surface area contributed by atoms with Gasteiger partial charge in [-0.2, -0.15) is 9.97 Å². The van der Waals surface area contributed by atoms with Crippen LogP contribution in [0.5, 0.6) is 11.8 Å². The number of carbonyl (C=O) groups is 1. The van der Waals surface area contributed by atoms with E-state index in [9.17, 15) is 14.9 Å². The van der Waals surface area contributed by atoms with Gasteiger partial charge in [-0.15, -0.1) is 0 Å². The zero-order valence-corrected chi connectivity index (χ0v) is 26.8. The maximum Gasteiger partial charge on any atom is 0.421 e. The molecule has 0 aliphatic carbocycles. The molecule has 2 aromatic heterocycles. The van der Waals surface area contributed by atoms with Crippen molar-refractivity contribution in [1.29, 1.82) is 0 Å². The summed E-state index contributed by atoms with van der Waals surface area (Å²) in [6.45, 7) is 1.91. The number of nitro groups is 1. The molecule has 1 aliphatic heterocycles. The molecule has 2 bridgehead atoms. The fourth-order valence-corrected chi connectivity index (χ4v) is 8.70. The number of fused-ring (bicyclic) bond motifs is 3. The Balaban J connectivity index is 1.76. The first kappa shape index (κ1) is 32.1. The fraction of sp³-hybridized carbons (Fsp3) is 0.143. The molecule has 0 N–H and O–H groups in total. The minimum atomic E-state index is -3.07. The second-order valence-electron chi connectivity index (χ2n) is 10.3. The maximum atomic E-state index is 13.7. The molecule has 0 atom stereocenters. The van der Waals surface area contributed by atoms with Crippen molar-refractivity contribution in [1.82, 2.24) is 15.0 Å². The second-order valence-corrected chi connectivity index (χ2v) is 13.3. The third kappa shape index (κ3) is 6.51. The molecular weight excluding hydrogens is 631 g/mol. The van der Waals surface area contributed by atoms with Gasteiger partial charge < -0.3 is 14.2 Å². The van der Waals surface area contributed by atoms with Gasteiger partial charge in [0.25, 0.3) is 0 Å². The largest absolute Gasteiger partial charge is 0.489 e. The van der Waals surface area contributed by atoms with Crippen LogP contribution in [0.25, 0.3) is 0 Å². The van der Waals surface area contributed by atoms with Gasteiger partial charge in [0, 0.05) is 22.1 Å². The molecule has 1 amide bonds. The van der Waals surface area contributed by atoms with Crippen LogP contribution in [-0.4, -0.2) is 45.8 Å². The predicted octanol–water partition coefficient (Wildman–Crippen LogP) is 6.60. The molecule has 0 unspecified atom stereocenters. The Morgan fingerprint density at radius 3 is 2.08 bits per heavy atom. The molecule has 12 nitrogen and oxygen atoms in total. The quantitative estimate of drug-likeness (QED) is 0.0851. The normalized spacial score (nSPS) is 13.6. The van der Waals surface area contributed by atoms with Crippen molar-refractivity contribution in [2.45, 2.75) is 13.3 Å². The molecule has 6 rings (SSSR count). The summed E-state index contributed by atoms with van der Waals surface area (Å²) in [6, 6.07) is 31.8. The Hall–Kier alpha value is -5.87. The number of benzene rings is 3. The van der Waals surface area contributed by atoms with Crippen molar-refractivity contribution in [2.75, 3.05) is 24.7 Å². The van der Waals surface area contributed by atoms with Gasteiger partial charge in [-0.1, -0.05) is 103 Å². The predicted molar refractivity (Wildman–Crippen MR) is 184 cm³/mol. The van der Waals surface area contributed by atoms with Crippen molar-refractivity contribution in [2.24, 2.45) is 4.74 Å². The van der Waals surface area contributed by atoms with Crippen LogP contribution in [0.15, 0.2) is 126 Å². The Kier molecular flexibility index (Phi) is 9.83. The van der Waals surface area contributed by atoms with E-state index in [1.807, 2.05) is 97.1 Å². The van der Waals surface area contributed by atoms with Crippen molar-refractivity contribution in [3.63, 3.8) is 0 Å². The van der Waals surface area contributed by atoms with E-state index in [1.54, 1.807) is 25.1 Å². The molecule has 1 aliphatic rings. The summed E-state index contributed by atoms with van der Waals surface area (Å²) >= 11 is 0. The number of anilines is 2. The lowest BCUT2D eigenvalue weighted by atomic mass is 10.3. The number of hydrogen-bond acceptors (Lipinski definition) is 10. The van der Waals surface area contributed by atoms with E-state index in [0.29, 0.717) is 6.42 Å². The SMILES string of the molecule is CCOC(=O)N1c2ncccc2OCC/C=C\COc2nc(N=P(c3ccccc3)(c3ccccc3)c3ccccc3)c([N+](=O)[O-])c1n2. The van der Waals surface area contributed by atoms with Crippen molar-refractivity contribution in [3.8, 4) is 11.8 Å². The van der Waals surface area contributed by atoms with Crippen molar-refractivity contribution >= 4 is 52.2 Å². The molecule has 3 aromatic carbocycles. The molecule has 0 saturated carbocycles. The van der Waals surface area contributed by atoms with Crippen LogP contribution in [-0.2, 0) is 4.74 Å². The van der Waals surface area contributed by atoms with Crippen LogP contribution >= 0.6 is 7.05 Å². The number of pyridine rings is 1. The Bertz CT molecular complexity index is 1890. The standard InChI is InChI=1S/C35H31N6O6P/c1-2-45-35(42)40-32-29(22-15-23-36-32)46-24-13-6-14-25-47-34-37-31(30(41(43)44)33(40)38-34)39-48(26-16-7-3-8-17-26,27-18-9-4-10-19-27)28-20-11-5-12-21-28/h3-12,14-23H,2,13,24-25H2,1H3/b14-6-. The van der Waals surface area contributed by atoms with Crippen LogP contribution in [0.2, 0.25) is 0 Å². The van der Waals surface area contributed by atoms with E-state index >= 15 is 0 Å². The average Bonchev–Trinajstić information content (AvgIpc) is 3.12. The van der Waals surface area contributed by atoms with Crippen molar-refractivity contribution < 1.29 is 23.9 Å². The first-order chi connectivity index (χ1) is 23.5. The third-order valence-electron chi connectivity index (χ3n) is 7.29. The van der Waals surface area contributed by atoms with Gasteiger partial charge in [-0.25, -0.2) is 19.4 Å². The van der Waals surface area contributed by atoms with E-state index in [1.165, 1.54) is 6.20 Å². The van der Waals surface area contributed by atoms with Crippen LogP contribution in [0, 0.1) is 10.1 Å². The number of rotatable bonds is 6. The third-order valence-corrected chi connectivity index (χ3v) is 10.9. The van der Waals surface area contributed by atoms with Gasteiger partial charge in [-0.3, -0.25) is 10.1 Å². The van der Waals surface area contributed by atoms with Gasteiger partial charge in [0.15, 0.2) is 11.6 Å². The van der Waals surface area contributed by atoms with Gasteiger partial charge in [-0.05, 0) is 25.5 Å². The first-order valence-electron chi connectivity index (χ1n) is 15.2. The summed E-state index contributed by atoms with van der Waals surface area (Å²) in [7, 11) is -3.07. The molecule has 13 heteroatoms. The highest BCUT2D eigenvalue weighted by Gasteiger charge is 2.38. The lowest BCUT2D eigenvalue weighted by Crippen LogP contribution is -2.30. The highest BCUT2D eigenvalue weighted by atomic mass is 31.2. The molecule has 242 valence electrons. The van der Waals surface area contributed by atoms with Crippen LogP contribution in [0.1, 0.15) is 13.3 Å². The van der Waals surface area contributed by atoms with Crippen LogP contribution in [0.4, 0.5) is 27.9 Å². The van der Waals surface area contributed by atoms with Gasteiger partial charge in [0.2, 0.25) is 11.6 Å². The number of nitrogens with zero attached hydrogens (tertiary/aromatic N) is 6. The summed E-state index contributed by atoms with van der Waals surface area (Å²) in [4.78, 5) is 40.6. The second kappa shape index (κ2) is 14.7. The summed E-state index contributed by atoms with van der Waals surface area (Å²) < 4.78 is 22.6. The molecule has 3 heterocycles. The summed E-state index contributed by atoms with van der Waals surface area (Å²) in [5.74, 6) is -0.558. The molecule has 5 aromatic rings.